The number of amides is 1. The molecule has 0 unspecified atom stereocenters. The summed E-state index contributed by atoms with van der Waals surface area (Å²) in [5, 5.41) is 13.7. The number of thioether (sulfide) groups is 1. The van der Waals surface area contributed by atoms with Gasteiger partial charge < -0.3 is 5.32 Å². The number of benzene rings is 1. The number of rotatable bonds is 5. The van der Waals surface area contributed by atoms with Gasteiger partial charge >= 0.3 is 0 Å². The minimum atomic E-state index is -0.0564. The Labute approximate surface area is 176 Å². The molecule has 148 valence electrons. The predicted octanol–water partition coefficient (Wildman–Crippen LogP) is 4.43. The molecule has 3 aromatic heterocycles. The first-order valence-electron chi connectivity index (χ1n) is 9.81. The standard InChI is InChI=1S/C21H21N5OS2/c1-3-16-23-20-18(14-5-4-6-15(14)29-20)19-24-25-21(26(16)19)28-11-17(27)22-13-9-7-12(2)8-10-13/h7-10H,3-6,11H2,1-2H3,(H,22,27). The van der Waals surface area contributed by atoms with Crippen LogP contribution >= 0.6 is 23.1 Å². The van der Waals surface area contributed by atoms with Crippen molar-refractivity contribution in [3.63, 3.8) is 0 Å². The predicted molar refractivity (Wildman–Crippen MR) is 118 cm³/mol. The summed E-state index contributed by atoms with van der Waals surface area (Å²) in [6.45, 7) is 4.12. The van der Waals surface area contributed by atoms with Crippen molar-refractivity contribution in [1.82, 2.24) is 19.6 Å². The molecule has 0 aliphatic heterocycles. The van der Waals surface area contributed by atoms with Gasteiger partial charge in [0.25, 0.3) is 0 Å². The highest BCUT2D eigenvalue weighted by molar-refractivity contribution is 7.99. The SMILES string of the molecule is CCc1nc2sc3c(c2c2nnc(SCC(=O)Nc4ccc(C)cc4)n12)CCC3. The summed E-state index contributed by atoms with van der Waals surface area (Å²) >= 11 is 3.20. The molecule has 4 aromatic rings. The van der Waals surface area contributed by atoms with E-state index in [1.165, 1.54) is 28.6 Å². The van der Waals surface area contributed by atoms with Crippen LogP contribution in [-0.2, 0) is 24.1 Å². The van der Waals surface area contributed by atoms with E-state index in [4.69, 9.17) is 4.98 Å². The molecule has 29 heavy (non-hydrogen) atoms. The summed E-state index contributed by atoms with van der Waals surface area (Å²) in [6.07, 6.45) is 4.22. The van der Waals surface area contributed by atoms with E-state index in [2.05, 4.69) is 22.4 Å². The number of carbonyl (C=O) groups excluding carboxylic acids is 1. The smallest absolute Gasteiger partial charge is 0.234 e. The summed E-state index contributed by atoms with van der Waals surface area (Å²) in [4.78, 5) is 19.8. The lowest BCUT2D eigenvalue weighted by Gasteiger charge is -2.07. The molecule has 1 aliphatic carbocycles. The van der Waals surface area contributed by atoms with Crippen molar-refractivity contribution in [1.29, 1.82) is 0 Å². The van der Waals surface area contributed by atoms with Gasteiger partial charge in [0, 0.05) is 17.0 Å². The second-order valence-electron chi connectivity index (χ2n) is 7.26. The number of carbonyl (C=O) groups is 1. The fourth-order valence-corrected chi connectivity index (χ4v) is 5.85. The van der Waals surface area contributed by atoms with Crippen molar-refractivity contribution in [2.45, 2.75) is 44.7 Å². The second-order valence-corrected chi connectivity index (χ2v) is 9.29. The molecule has 0 radical (unpaired) electrons. The van der Waals surface area contributed by atoms with Gasteiger partial charge in [0.2, 0.25) is 5.91 Å². The molecule has 1 aliphatic rings. The van der Waals surface area contributed by atoms with Crippen LogP contribution in [0.1, 0.15) is 35.2 Å². The highest BCUT2D eigenvalue weighted by Crippen LogP contribution is 2.39. The monoisotopic (exact) mass is 423 g/mol. The molecule has 0 saturated carbocycles. The van der Waals surface area contributed by atoms with Gasteiger partial charge in [-0.15, -0.1) is 21.5 Å². The molecular weight excluding hydrogens is 402 g/mol. The van der Waals surface area contributed by atoms with Gasteiger partial charge in [-0.05, 0) is 43.9 Å². The van der Waals surface area contributed by atoms with Crippen LogP contribution in [0.5, 0.6) is 0 Å². The highest BCUT2D eigenvalue weighted by Gasteiger charge is 2.24. The Hall–Kier alpha value is -2.45. The van der Waals surface area contributed by atoms with Crippen molar-refractivity contribution in [2.75, 3.05) is 11.1 Å². The van der Waals surface area contributed by atoms with Crippen LogP contribution in [-0.4, -0.2) is 31.2 Å². The van der Waals surface area contributed by atoms with E-state index in [-0.39, 0.29) is 11.7 Å². The first kappa shape index (κ1) is 18.6. The average molecular weight is 424 g/mol. The average Bonchev–Trinajstić information content (AvgIpc) is 3.41. The van der Waals surface area contributed by atoms with Gasteiger partial charge in [0.1, 0.15) is 10.7 Å². The van der Waals surface area contributed by atoms with Gasteiger partial charge in [-0.3, -0.25) is 9.20 Å². The molecule has 6 nitrogen and oxygen atoms in total. The van der Waals surface area contributed by atoms with Crippen LogP contribution in [0.2, 0.25) is 0 Å². The van der Waals surface area contributed by atoms with Crippen LogP contribution in [0.4, 0.5) is 5.69 Å². The van der Waals surface area contributed by atoms with E-state index in [1.807, 2.05) is 35.6 Å². The molecule has 1 aromatic carbocycles. The first-order valence-corrected chi connectivity index (χ1v) is 11.6. The number of nitrogens with zero attached hydrogens (tertiary/aromatic N) is 4. The summed E-state index contributed by atoms with van der Waals surface area (Å²) in [5.74, 6) is 1.16. The molecule has 5 rings (SSSR count). The van der Waals surface area contributed by atoms with E-state index in [0.29, 0.717) is 0 Å². The highest BCUT2D eigenvalue weighted by atomic mass is 32.2. The van der Waals surface area contributed by atoms with Crippen molar-refractivity contribution in [2.24, 2.45) is 0 Å². The number of nitrogens with one attached hydrogen (secondary N) is 1. The van der Waals surface area contributed by atoms with Crippen LogP contribution in [0.15, 0.2) is 29.4 Å². The Morgan fingerprint density at radius 3 is 2.86 bits per heavy atom. The molecule has 0 fully saturated rings. The second kappa shape index (κ2) is 7.42. The lowest BCUT2D eigenvalue weighted by atomic mass is 10.2. The molecule has 8 heteroatoms. The number of hydrogen-bond donors (Lipinski definition) is 1. The minimum Gasteiger partial charge on any atom is -0.325 e. The molecule has 0 bridgehead atoms. The van der Waals surface area contributed by atoms with E-state index in [9.17, 15) is 4.79 Å². The van der Waals surface area contributed by atoms with Crippen molar-refractivity contribution < 1.29 is 4.79 Å². The topological polar surface area (TPSA) is 72.2 Å². The molecule has 1 N–H and O–H groups in total. The molecule has 0 atom stereocenters. The number of fused-ring (bicyclic) bond motifs is 5. The van der Waals surface area contributed by atoms with Crippen molar-refractivity contribution in [3.05, 3.63) is 46.1 Å². The quantitative estimate of drug-likeness (QED) is 0.481. The molecule has 0 spiro atoms. The molecule has 3 heterocycles. The summed E-state index contributed by atoms with van der Waals surface area (Å²) in [5.41, 5.74) is 4.25. The Kier molecular flexibility index (Phi) is 4.75. The van der Waals surface area contributed by atoms with Gasteiger partial charge in [0.05, 0.1) is 11.1 Å². The van der Waals surface area contributed by atoms with Crippen LogP contribution in [0.25, 0.3) is 15.9 Å². The number of hydrogen-bond acceptors (Lipinski definition) is 6. The largest absolute Gasteiger partial charge is 0.325 e. The zero-order valence-electron chi connectivity index (χ0n) is 16.4. The molecule has 1 amide bonds. The maximum atomic E-state index is 12.4. The fraction of sp³-hybridized carbons (Fsp3) is 0.333. The lowest BCUT2D eigenvalue weighted by molar-refractivity contribution is -0.113. The van der Waals surface area contributed by atoms with Crippen LogP contribution in [0.3, 0.4) is 0 Å². The number of anilines is 1. The van der Waals surface area contributed by atoms with Crippen LogP contribution in [0, 0.1) is 6.92 Å². The normalized spacial score (nSPS) is 13.3. The summed E-state index contributed by atoms with van der Waals surface area (Å²) < 4.78 is 2.04. The zero-order valence-corrected chi connectivity index (χ0v) is 18.0. The Bertz CT molecular complexity index is 1230. The summed E-state index contributed by atoms with van der Waals surface area (Å²) in [7, 11) is 0. The number of aryl methyl sites for hydroxylation is 4. The van der Waals surface area contributed by atoms with Gasteiger partial charge in [-0.2, -0.15) is 0 Å². The number of aromatic nitrogens is 4. The third-order valence-corrected chi connectivity index (χ3v) is 7.35. The minimum absolute atomic E-state index is 0.0564. The molecule has 0 saturated heterocycles. The maximum Gasteiger partial charge on any atom is 0.234 e. The Balaban J connectivity index is 1.43. The summed E-state index contributed by atoms with van der Waals surface area (Å²) in [6, 6.07) is 7.80. The third kappa shape index (κ3) is 3.30. The van der Waals surface area contributed by atoms with Crippen molar-refractivity contribution >= 4 is 50.6 Å². The van der Waals surface area contributed by atoms with Gasteiger partial charge in [-0.1, -0.05) is 36.4 Å². The Morgan fingerprint density at radius 2 is 2.07 bits per heavy atom. The van der Waals surface area contributed by atoms with Crippen LogP contribution < -0.4 is 5.32 Å². The number of thiophene rings is 1. The van der Waals surface area contributed by atoms with Crippen molar-refractivity contribution in [3.8, 4) is 0 Å². The first-order chi connectivity index (χ1) is 14.1. The molecular formula is C21H21N5OS2. The maximum absolute atomic E-state index is 12.4. The third-order valence-electron chi connectivity index (χ3n) is 5.23. The fourth-order valence-electron chi connectivity index (χ4n) is 3.83. The zero-order chi connectivity index (χ0) is 20.0. The lowest BCUT2D eigenvalue weighted by Crippen LogP contribution is -2.14. The van der Waals surface area contributed by atoms with E-state index in [0.717, 1.165) is 57.4 Å². The van der Waals surface area contributed by atoms with Gasteiger partial charge in [0.15, 0.2) is 10.8 Å². The van der Waals surface area contributed by atoms with E-state index in [1.54, 1.807) is 11.3 Å². The van der Waals surface area contributed by atoms with E-state index >= 15 is 0 Å². The Morgan fingerprint density at radius 1 is 1.24 bits per heavy atom. The van der Waals surface area contributed by atoms with E-state index < -0.39 is 0 Å². The van der Waals surface area contributed by atoms with Gasteiger partial charge in [-0.25, -0.2) is 4.98 Å².